The molecule has 0 bridgehead atoms. The van der Waals surface area contributed by atoms with Crippen LogP contribution >= 0.6 is 0 Å². The number of imide groups is 1. The lowest BCUT2D eigenvalue weighted by Gasteiger charge is -2.44. The number of fused-ring (bicyclic) bond motifs is 1. The van der Waals surface area contributed by atoms with Crippen LogP contribution in [0.15, 0.2) is 18.2 Å². The minimum Gasteiger partial charge on any atom is -0.378 e. The van der Waals surface area contributed by atoms with E-state index < -0.39 is 6.04 Å². The lowest BCUT2D eigenvalue weighted by Crippen LogP contribution is -2.55. The third kappa shape index (κ3) is 3.53. The van der Waals surface area contributed by atoms with Gasteiger partial charge in [0.2, 0.25) is 11.8 Å². The Labute approximate surface area is 175 Å². The Morgan fingerprint density at radius 3 is 2.57 bits per heavy atom. The molecule has 5 rings (SSSR count). The average Bonchev–Trinajstić information content (AvgIpc) is 3.04. The summed E-state index contributed by atoms with van der Waals surface area (Å²) in [6.45, 7) is 4.81. The van der Waals surface area contributed by atoms with Crippen molar-refractivity contribution in [1.82, 2.24) is 20.4 Å². The fraction of sp³-hybridized carbons (Fsp3) is 0.591. The fourth-order valence-corrected chi connectivity index (χ4v) is 5.10. The molecule has 1 aromatic carbocycles. The van der Waals surface area contributed by atoms with Crippen molar-refractivity contribution in [2.24, 2.45) is 0 Å². The number of nitrogens with zero attached hydrogens (tertiary/aromatic N) is 2. The molecule has 3 saturated heterocycles. The summed E-state index contributed by atoms with van der Waals surface area (Å²) in [6.07, 6.45) is 2.90. The molecule has 0 aliphatic carbocycles. The van der Waals surface area contributed by atoms with E-state index in [0.717, 1.165) is 56.8 Å². The third-order valence-electron chi connectivity index (χ3n) is 6.90. The van der Waals surface area contributed by atoms with Crippen LogP contribution in [0, 0.1) is 0 Å². The summed E-state index contributed by atoms with van der Waals surface area (Å²) in [4.78, 5) is 41.1. The molecule has 3 fully saturated rings. The second-order valence-corrected chi connectivity index (χ2v) is 8.69. The maximum absolute atomic E-state index is 13.1. The van der Waals surface area contributed by atoms with Crippen molar-refractivity contribution in [3.8, 4) is 0 Å². The van der Waals surface area contributed by atoms with Crippen molar-refractivity contribution >= 4 is 17.7 Å². The van der Waals surface area contributed by atoms with Gasteiger partial charge in [0.25, 0.3) is 5.91 Å². The van der Waals surface area contributed by atoms with Crippen molar-refractivity contribution in [3.63, 3.8) is 0 Å². The maximum Gasteiger partial charge on any atom is 0.255 e. The molecule has 30 heavy (non-hydrogen) atoms. The summed E-state index contributed by atoms with van der Waals surface area (Å²) in [5.74, 6) is -0.736. The van der Waals surface area contributed by atoms with Crippen molar-refractivity contribution in [2.45, 2.75) is 56.9 Å². The molecule has 3 amide bonds. The molecule has 0 radical (unpaired) electrons. The zero-order chi connectivity index (χ0) is 20.7. The molecule has 1 aromatic rings. The Bertz CT molecular complexity index is 863. The van der Waals surface area contributed by atoms with Crippen LogP contribution < -0.4 is 10.6 Å². The summed E-state index contributed by atoms with van der Waals surface area (Å²) in [7, 11) is 0. The lowest BCUT2D eigenvalue weighted by atomic mass is 9.97. The topological polar surface area (TPSA) is 91.0 Å². The van der Waals surface area contributed by atoms with Crippen LogP contribution in [0.5, 0.6) is 0 Å². The van der Waals surface area contributed by atoms with Crippen LogP contribution in [0.3, 0.4) is 0 Å². The number of amides is 3. The van der Waals surface area contributed by atoms with E-state index in [1.54, 1.807) is 4.90 Å². The first kappa shape index (κ1) is 19.7. The molecule has 8 heteroatoms. The summed E-state index contributed by atoms with van der Waals surface area (Å²) in [6, 6.07) is 6.27. The van der Waals surface area contributed by atoms with Gasteiger partial charge in [0.05, 0.1) is 19.3 Å². The molecule has 0 aromatic heterocycles. The minimum atomic E-state index is -0.573. The number of carbonyl (C=O) groups excluding carboxylic acids is 3. The van der Waals surface area contributed by atoms with Crippen LogP contribution in [0.25, 0.3) is 0 Å². The number of piperidine rings is 2. The lowest BCUT2D eigenvalue weighted by molar-refractivity contribution is -0.136. The van der Waals surface area contributed by atoms with Gasteiger partial charge in [-0.25, -0.2) is 0 Å². The van der Waals surface area contributed by atoms with E-state index in [-0.39, 0.29) is 24.1 Å². The molecule has 4 heterocycles. The second kappa shape index (κ2) is 8.09. The molecule has 4 aliphatic heterocycles. The van der Waals surface area contributed by atoms with Crippen molar-refractivity contribution in [3.05, 3.63) is 34.9 Å². The van der Waals surface area contributed by atoms with Gasteiger partial charge in [-0.1, -0.05) is 12.1 Å². The number of hydrogen-bond acceptors (Lipinski definition) is 6. The molecule has 1 unspecified atom stereocenters. The van der Waals surface area contributed by atoms with Gasteiger partial charge < -0.3 is 15.0 Å². The van der Waals surface area contributed by atoms with E-state index >= 15 is 0 Å². The van der Waals surface area contributed by atoms with Gasteiger partial charge in [0.1, 0.15) is 6.04 Å². The SMILES string of the molecule is O=C1CCC(N2Cc3c(CN(C4CCNCC4)C4COC4)cccc3C2=O)C(=O)N1. The van der Waals surface area contributed by atoms with E-state index in [0.29, 0.717) is 30.6 Å². The molecule has 4 aliphatic rings. The predicted molar refractivity (Wildman–Crippen MR) is 109 cm³/mol. The highest BCUT2D eigenvalue weighted by Gasteiger charge is 2.40. The molecular weight excluding hydrogens is 384 g/mol. The van der Waals surface area contributed by atoms with Crippen LogP contribution in [0.2, 0.25) is 0 Å². The molecular formula is C22H28N4O4. The Kier molecular flexibility index (Phi) is 5.30. The quantitative estimate of drug-likeness (QED) is 0.681. The first-order valence-corrected chi connectivity index (χ1v) is 10.9. The van der Waals surface area contributed by atoms with Crippen molar-refractivity contribution < 1.29 is 19.1 Å². The molecule has 160 valence electrons. The van der Waals surface area contributed by atoms with Gasteiger partial charge in [-0.05, 0) is 49.5 Å². The largest absolute Gasteiger partial charge is 0.378 e. The highest BCUT2D eigenvalue weighted by Crippen LogP contribution is 2.32. The zero-order valence-electron chi connectivity index (χ0n) is 17.1. The van der Waals surface area contributed by atoms with Crippen LogP contribution in [0.4, 0.5) is 0 Å². The maximum atomic E-state index is 13.1. The van der Waals surface area contributed by atoms with Crippen LogP contribution in [-0.2, 0) is 27.4 Å². The van der Waals surface area contributed by atoms with E-state index in [1.807, 2.05) is 12.1 Å². The number of rotatable bonds is 5. The number of ether oxygens (including phenoxy) is 1. The Morgan fingerprint density at radius 2 is 1.87 bits per heavy atom. The highest BCUT2D eigenvalue weighted by molar-refractivity contribution is 6.05. The van der Waals surface area contributed by atoms with Gasteiger partial charge in [-0.3, -0.25) is 24.6 Å². The van der Waals surface area contributed by atoms with Gasteiger partial charge in [-0.15, -0.1) is 0 Å². The van der Waals surface area contributed by atoms with E-state index in [4.69, 9.17) is 4.74 Å². The molecule has 0 saturated carbocycles. The molecule has 2 N–H and O–H groups in total. The van der Waals surface area contributed by atoms with E-state index in [9.17, 15) is 14.4 Å². The normalized spacial score (nSPS) is 25.4. The summed E-state index contributed by atoms with van der Waals surface area (Å²) in [5.41, 5.74) is 2.86. The molecule has 8 nitrogen and oxygen atoms in total. The fourth-order valence-electron chi connectivity index (χ4n) is 5.10. The Balaban J connectivity index is 1.38. The monoisotopic (exact) mass is 412 g/mol. The molecule has 1 atom stereocenters. The zero-order valence-corrected chi connectivity index (χ0v) is 17.1. The summed E-state index contributed by atoms with van der Waals surface area (Å²) < 4.78 is 5.48. The number of carbonyl (C=O) groups is 3. The Morgan fingerprint density at radius 1 is 1.07 bits per heavy atom. The smallest absolute Gasteiger partial charge is 0.255 e. The summed E-state index contributed by atoms with van der Waals surface area (Å²) >= 11 is 0. The summed E-state index contributed by atoms with van der Waals surface area (Å²) in [5, 5.41) is 5.81. The van der Waals surface area contributed by atoms with Gasteiger partial charge in [0, 0.05) is 31.1 Å². The first-order chi connectivity index (χ1) is 14.6. The standard InChI is InChI=1S/C22H28N4O4/c27-20-5-4-19(21(28)24-20)26-11-18-14(2-1-3-17(18)22(26)29)10-25(16-12-30-13-16)15-6-8-23-9-7-15/h1-3,15-16,19,23H,4-13H2,(H,24,27,28). The minimum absolute atomic E-state index is 0.109. The van der Waals surface area contributed by atoms with Gasteiger partial charge in [-0.2, -0.15) is 0 Å². The van der Waals surface area contributed by atoms with Crippen molar-refractivity contribution in [2.75, 3.05) is 26.3 Å². The van der Waals surface area contributed by atoms with Gasteiger partial charge in [0.15, 0.2) is 0 Å². The van der Waals surface area contributed by atoms with E-state index in [1.165, 1.54) is 0 Å². The van der Waals surface area contributed by atoms with Gasteiger partial charge >= 0.3 is 0 Å². The number of nitrogens with one attached hydrogen (secondary N) is 2. The highest BCUT2D eigenvalue weighted by atomic mass is 16.5. The van der Waals surface area contributed by atoms with Crippen LogP contribution in [0.1, 0.15) is 47.2 Å². The van der Waals surface area contributed by atoms with E-state index in [2.05, 4.69) is 21.6 Å². The number of benzene rings is 1. The Hall–Kier alpha value is -2.29. The first-order valence-electron chi connectivity index (χ1n) is 10.9. The average molecular weight is 412 g/mol. The van der Waals surface area contributed by atoms with Crippen LogP contribution in [-0.4, -0.2) is 72.0 Å². The molecule has 0 spiro atoms. The number of hydrogen-bond donors (Lipinski definition) is 2. The third-order valence-corrected chi connectivity index (χ3v) is 6.90. The van der Waals surface area contributed by atoms with Crippen molar-refractivity contribution in [1.29, 1.82) is 0 Å². The predicted octanol–water partition coefficient (Wildman–Crippen LogP) is 0.400. The second-order valence-electron chi connectivity index (χ2n) is 8.69.